The number of nitrogens with zero attached hydrogens (tertiary/aromatic N) is 1. The highest BCUT2D eigenvalue weighted by molar-refractivity contribution is 7.16. The summed E-state index contributed by atoms with van der Waals surface area (Å²) in [5, 5.41) is 2.99. The van der Waals surface area contributed by atoms with Crippen LogP contribution in [0.5, 0.6) is 0 Å². The standard InChI is InChI=1S/C13H10FN3S/c14-8-3-1-2-4-9(8)17-10-5-6-11-13(12(10)15)16-7-18-11/h1-7,17H,15H2. The van der Waals surface area contributed by atoms with E-state index in [0.717, 1.165) is 10.2 Å². The zero-order chi connectivity index (χ0) is 12.5. The summed E-state index contributed by atoms with van der Waals surface area (Å²) in [6, 6.07) is 10.2. The minimum absolute atomic E-state index is 0.310. The minimum Gasteiger partial charge on any atom is -0.395 e. The third-order valence-corrected chi connectivity index (χ3v) is 3.48. The quantitative estimate of drug-likeness (QED) is 0.689. The molecule has 0 aliphatic heterocycles. The summed E-state index contributed by atoms with van der Waals surface area (Å²) in [5.74, 6) is -0.310. The van der Waals surface area contributed by atoms with Crippen molar-refractivity contribution in [2.75, 3.05) is 11.1 Å². The van der Waals surface area contributed by atoms with Crippen LogP contribution in [0.25, 0.3) is 10.2 Å². The molecule has 0 atom stereocenters. The van der Waals surface area contributed by atoms with Gasteiger partial charge in [-0.3, -0.25) is 0 Å². The van der Waals surface area contributed by atoms with E-state index in [2.05, 4.69) is 10.3 Å². The summed E-state index contributed by atoms with van der Waals surface area (Å²) in [5.41, 5.74) is 10.1. The first kappa shape index (κ1) is 11.0. The lowest BCUT2D eigenvalue weighted by molar-refractivity contribution is 0.632. The molecule has 0 amide bonds. The zero-order valence-corrected chi connectivity index (χ0v) is 10.2. The molecule has 3 N–H and O–H groups in total. The lowest BCUT2D eigenvalue weighted by Crippen LogP contribution is -1.98. The number of hydrogen-bond donors (Lipinski definition) is 2. The summed E-state index contributed by atoms with van der Waals surface area (Å²) in [4.78, 5) is 4.20. The van der Waals surface area contributed by atoms with Gasteiger partial charge in [-0.2, -0.15) is 0 Å². The van der Waals surface area contributed by atoms with E-state index in [0.29, 0.717) is 17.1 Å². The third-order valence-electron chi connectivity index (χ3n) is 2.68. The molecule has 1 aromatic heterocycles. The van der Waals surface area contributed by atoms with Gasteiger partial charge in [0, 0.05) is 0 Å². The highest BCUT2D eigenvalue weighted by atomic mass is 32.1. The van der Waals surface area contributed by atoms with Crippen molar-refractivity contribution in [3.05, 3.63) is 47.7 Å². The fraction of sp³-hybridized carbons (Fsp3) is 0. The van der Waals surface area contributed by atoms with Crippen LogP contribution in [0.1, 0.15) is 0 Å². The molecule has 3 aromatic rings. The number of hydrogen-bond acceptors (Lipinski definition) is 4. The number of thiazole rings is 1. The van der Waals surface area contributed by atoms with Crippen LogP contribution < -0.4 is 11.1 Å². The van der Waals surface area contributed by atoms with E-state index in [9.17, 15) is 4.39 Å². The number of benzene rings is 2. The van der Waals surface area contributed by atoms with Crippen LogP contribution in [0.3, 0.4) is 0 Å². The van der Waals surface area contributed by atoms with E-state index in [1.165, 1.54) is 17.4 Å². The summed E-state index contributed by atoms with van der Waals surface area (Å²) < 4.78 is 14.6. The van der Waals surface area contributed by atoms with Gasteiger partial charge in [-0.25, -0.2) is 9.37 Å². The summed E-state index contributed by atoms with van der Waals surface area (Å²) in [7, 11) is 0. The minimum atomic E-state index is -0.310. The Bertz CT molecular complexity index is 708. The third kappa shape index (κ3) is 1.78. The molecule has 0 aliphatic carbocycles. The van der Waals surface area contributed by atoms with Crippen LogP contribution in [-0.2, 0) is 0 Å². The van der Waals surface area contributed by atoms with Crippen molar-refractivity contribution in [2.24, 2.45) is 0 Å². The number of aromatic nitrogens is 1. The molecule has 0 bridgehead atoms. The molecule has 18 heavy (non-hydrogen) atoms. The maximum absolute atomic E-state index is 13.5. The molecule has 0 saturated carbocycles. The number of anilines is 3. The van der Waals surface area contributed by atoms with Gasteiger partial charge in [0.1, 0.15) is 11.3 Å². The molecule has 0 aliphatic rings. The number of para-hydroxylation sites is 1. The predicted molar refractivity (Wildman–Crippen MR) is 73.7 cm³/mol. The van der Waals surface area contributed by atoms with Crippen LogP contribution in [0.4, 0.5) is 21.5 Å². The normalized spacial score (nSPS) is 10.7. The predicted octanol–water partition coefficient (Wildman–Crippen LogP) is 3.76. The van der Waals surface area contributed by atoms with E-state index in [1.807, 2.05) is 12.1 Å². The van der Waals surface area contributed by atoms with Crippen molar-refractivity contribution in [2.45, 2.75) is 0 Å². The molecule has 3 rings (SSSR count). The number of nitrogen functional groups attached to an aromatic ring is 1. The molecule has 2 aromatic carbocycles. The Morgan fingerprint density at radius 3 is 2.78 bits per heavy atom. The molecule has 0 spiro atoms. The van der Waals surface area contributed by atoms with Gasteiger partial charge in [-0.15, -0.1) is 11.3 Å². The van der Waals surface area contributed by atoms with Crippen LogP contribution >= 0.6 is 11.3 Å². The van der Waals surface area contributed by atoms with E-state index < -0.39 is 0 Å². The molecule has 3 nitrogen and oxygen atoms in total. The van der Waals surface area contributed by atoms with Crippen molar-refractivity contribution in [3.8, 4) is 0 Å². The van der Waals surface area contributed by atoms with E-state index in [-0.39, 0.29) is 5.82 Å². The summed E-state index contributed by atoms with van der Waals surface area (Å²) in [6.07, 6.45) is 0. The van der Waals surface area contributed by atoms with Gasteiger partial charge in [-0.05, 0) is 24.3 Å². The number of nitrogens with one attached hydrogen (secondary N) is 1. The Morgan fingerprint density at radius 1 is 1.11 bits per heavy atom. The molecule has 0 unspecified atom stereocenters. The first-order valence-corrected chi connectivity index (χ1v) is 6.27. The van der Waals surface area contributed by atoms with Gasteiger partial charge in [0.25, 0.3) is 0 Å². The molecular formula is C13H10FN3S. The highest BCUT2D eigenvalue weighted by Crippen LogP contribution is 2.32. The Balaban J connectivity index is 2.05. The van der Waals surface area contributed by atoms with Gasteiger partial charge in [0.05, 0.1) is 27.3 Å². The average Bonchev–Trinajstić information content (AvgIpc) is 2.84. The van der Waals surface area contributed by atoms with Crippen LogP contribution in [-0.4, -0.2) is 4.98 Å². The van der Waals surface area contributed by atoms with Crippen molar-refractivity contribution < 1.29 is 4.39 Å². The molecule has 0 radical (unpaired) electrons. The first-order valence-electron chi connectivity index (χ1n) is 5.39. The second kappa shape index (κ2) is 4.27. The summed E-state index contributed by atoms with van der Waals surface area (Å²) in [6.45, 7) is 0. The van der Waals surface area contributed by atoms with Crippen molar-refractivity contribution in [1.82, 2.24) is 4.98 Å². The van der Waals surface area contributed by atoms with Gasteiger partial charge in [0.2, 0.25) is 0 Å². The Morgan fingerprint density at radius 2 is 1.94 bits per heavy atom. The van der Waals surface area contributed by atoms with Gasteiger partial charge in [-0.1, -0.05) is 12.1 Å². The van der Waals surface area contributed by atoms with Gasteiger partial charge < -0.3 is 11.1 Å². The van der Waals surface area contributed by atoms with E-state index in [1.54, 1.807) is 23.7 Å². The maximum Gasteiger partial charge on any atom is 0.146 e. The number of nitrogens with two attached hydrogens (primary N) is 1. The number of rotatable bonds is 2. The molecule has 5 heteroatoms. The Labute approximate surface area is 107 Å². The molecular weight excluding hydrogens is 249 g/mol. The lowest BCUT2D eigenvalue weighted by atomic mass is 10.2. The number of halogens is 1. The van der Waals surface area contributed by atoms with E-state index in [4.69, 9.17) is 5.73 Å². The SMILES string of the molecule is Nc1c(Nc2ccccc2F)ccc2scnc12. The topological polar surface area (TPSA) is 50.9 Å². The smallest absolute Gasteiger partial charge is 0.146 e. The van der Waals surface area contributed by atoms with Crippen molar-refractivity contribution in [3.63, 3.8) is 0 Å². The van der Waals surface area contributed by atoms with E-state index >= 15 is 0 Å². The zero-order valence-electron chi connectivity index (χ0n) is 9.35. The molecule has 0 saturated heterocycles. The largest absolute Gasteiger partial charge is 0.395 e. The van der Waals surface area contributed by atoms with Crippen LogP contribution in [0.2, 0.25) is 0 Å². The monoisotopic (exact) mass is 259 g/mol. The maximum atomic E-state index is 13.5. The lowest BCUT2D eigenvalue weighted by Gasteiger charge is -2.10. The van der Waals surface area contributed by atoms with Gasteiger partial charge in [0.15, 0.2) is 0 Å². The Hall–Kier alpha value is -2.14. The molecule has 1 heterocycles. The number of fused-ring (bicyclic) bond motifs is 1. The van der Waals surface area contributed by atoms with Gasteiger partial charge >= 0.3 is 0 Å². The average molecular weight is 259 g/mol. The van der Waals surface area contributed by atoms with Crippen LogP contribution in [0.15, 0.2) is 41.9 Å². The Kier molecular flexibility index (Phi) is 2.60. The fourth-order valence-electron chi connectivity index (χ4n) is 1.77. The second-order valence-electron chi connectivity index (χ2n) is 3.83. The first-order chi connectivity index (χ1) is 8.75. The fourth-order valence-corrected chi connectivity index (χ4v) is 2.46. The van der Waals surface area contributed by atoms with Crippen LogP contribution in [0, 0.1) is 5.82 Å². The van der Waals surface area contributed by atoms with Crippen molar-refractivity contribution >= 4 is 38.6 Å². The van der Waals surface area contributed by atoms with Crippen molar-refractivity contribution in [1.29, 1.82) is 0 Å². The highest BCUT2D eigenvalue weighted by Gasteiger charge is 2.08. The molecule has 0 fully saturated rings. The summed E-state index contributed by atoms with van der Waals surface area (Å²) >= 11 is 1.53. The molecule has 90 valence electrons. The second-order valence-corrected chi connectivity index (χ2v) is 4.72.